The molecule has 1 aromatic heterocycles. The first-order chi connectivity index (χ1) is 12.1. The maximum atomic E-state index is 12.7. The van der Waals surface area contributed by atoms with Gasteiger partial charge < -0.3 is 19.8 Å². The van der Waals surface area contributed by atoms with E-state index in [9.17, 15) is 4.79 Å². The highest BCUT2D eigenvalue weighted by atomic mass is 16.5. The number of urea groups is 1. The van der Waals surface area contributed by atoms with Gasteiger partial charge in [0.1, 0.15) is 11.8 Å². The van der Waals surface area contributed by atoms with Crippen LogP contribution >= 0.6 is 0 Å². The molecule has 2 aliphatic rings. The molecule has 4 rings (SSSR count). The molecule has 1 aromatic carbocycles. The molecule has 2 fully saturated rings. The molecule has 2 amide bonds. The Labute approximate surface area is 147 Å². The fourth-order valence-corrected chi connectivity index (χ4v) is 4.35. The Morgan fingerprint density at radius 3 is 2.72 bits per heavy atom. The lowest BCUT2D eigenvalue weighted by atomic mass is 9.57. The van der Waals surface area contributed by atoms with Crippen LogP contribution in [0.15, 0.2) is 53.1 Å². The quantitative estimate of drug-likeness (QED) is 0.896. The molecule has 0 radical (unpaired) electrons. The third-order valence-electron chi connectivity index (χ3n) is 5.62. The van der Waals surface area contributed by atoms with Crippen LogP contribution in [0.1, 0.15) is 37.6 Å². The first-order valence-corrected chi connectivity index (χ1v) is 8.84. The van der Waals surface area contributed by atoms with Crippen molar-refractivity contribution in [2.24, 2.45) is 11.3 Å². The molecule has 5 heteroatoms. The van der Waals surface area contributed by atoms with Gasteiger partial charge in [0.2, 0.25) is 0 Å². The van der Waals surface area contributed by atoms with E-state index in [1.54, 1.807) is 6.26 Å². The van der Waals surface area contributed by atoms with E-state index in [0.717, 1.165) is 24.4 Å². The highest BCUT2D eigenvalue weighted by Gasteiger charge is 2.59. The molecule has 0 spiro atoms. The minimum Gasteiger partial charge on any atom is -0.467 e. The zero-order valence-corrected chi connectivity index (χ0v) is 14.6. The lowest BCUT2D eigenvalue weighted by molar-refractivity contribution is -0.108. The number of fused-ring (bicyclic) bond motifs is 1. The number of rotatable bonds is 4. The first-order valence-electron chi connectivity index (χ1n) is 8.84. The predicted molar refractivity (Wildman–Crippen MR) is 94.1 cm³/mol. The number of carbonyl (C=O) groups is 1. The molecule has 0 unspecified atom stereocenters. The summed E-state index contributed by atoms with van der Waals surface area (Å²) in [6.07, 6.45) is 2.90. The van der Waals surface area contributed by atoms with E-state index in [-0.39, 0.29) is 29.6 Å². The molecule has 1 saturated heterocycles. The van der Waals surface area contributed by atoms with E-state index in [1.807, 2.05) is 42.5 Å². The Bertz CT molecular complexity index is 727. The van der Waals surface area contributed by atoms with Gasteiger partial charge in [0.05, 0.1) is 12.4 Å². The number of amides is 2. The lowest BCUT2D eigenvalue weighted by Gasteiger charge is -2.54. The molecular formula is C20H24N2O3. The van der Waals surface area contributed by atoms with Crippen molar-refractivity contribution < 1.29 is 13.9 Å². The Morgan fingerprint density at radius 1 is 1.20 bits per heavy atom. The number of carbonyl (C=O) groups excluding carboxylic acids is 1. The van der Waals surface area contributed by atoms with Gasteiger partial charge in [0.25, 0.3) is 0 Å². The van der Waals surface area contributed by atoms with Crippen LogP contribution in [-0.2, 0) is 4.74 Å². The number of nitrogens with one attached hydrogen (secondary N) is 2. The summed E-state index contributed by atoms with van der Waals surface area (Å²) in [6, 6.07) is 13.2. The highest BCUT2D eigenvalue weighted by molar-refractivity contribution is 5.75. The molecule has 1 saturated carbocycles. The second-order valence-corrected chi connectivity index (χ2v) is 7.52. The average molecular weight is 340 g/mol. The minimum atomic E-state index is -0.310. The summed E-state index contributed by atoms with van der Waals surface area (Å²) in [5.41, 5.74) is 0.952. The van der Waals surface area contributed by atoms with Crippen LogP contribution in [0.5, 0.6) is 0 Å². The van der Waals surface area contributed by atoms with E-state index < -0.39 is 0 Å². The first kappa shape index (κ1) is 16.2. The van der Waals surface area contributed by atoms with Gasteiger partial charge in [0, 0.05) is 24.0 Å². The number of furan rings is 1. The Hall–Kier alpha value is -2.27. The molecule has 132 valence electrons. The molecule has 2 heterocycles. The standard InChI is InChI=1S/C20H24N2O3/c1-20(2)17(14-10-12-25-18(14)20)22-19(23)21-16(15-9-6-11-24-15)13-7-4-3-5-8-13/h3-9,11,14,16-18H,10,12H2,1-2H3,(H2,21,22,23)/t14-,16-,17-,18+/m1/s1. The fraction of sp³-hybridized carbons (Fsp3) is 0.450. The van der Waals surface area contributed by atoms with E-state index >= 15 is 0 Å². The molecule has 2 N–H and O–H groups in total. The highest BCUT2D eigenvalue weighted by Crippen LogP contribution is 2.52. The molecule has 4 atom stereocenters. The third-order valence-corrected chi connectivity index (χ3v) is 5.62. The van der Waals surface area contributed by atoms with Crippen molar-refractivity contribution >= 4 is 6.03 Å². The van der Waals surface area contributed by atoms with Crippen LogP contribution < -0.4 is 10.6 Å². The molecular weight excluding hydrogens is 316 g/mol. The van der Waals surface area contributed by atoms with Crippen molar-refractivity contribution in [3.05, 3.63) is 60.1 Å². The topological polar surface area (TPSA) is 63.5 Å². The summed E-state index contributed by atoms with van der Waals surface area (Å²) in [7, 11) is 0. The van der Waals surface area contributed by atoms with Gasteiger partial charge in [-0.1, -0.05) is 44.2 Å². The smallest absolute Gasteiger partial charge is 0.315 e. The van der Waals surface area contributed by atoms with Crippen molar-refractivity contribution in [2.45, 2.75) is 38.5 Å². The average Bonchev–Trinajstić information content (AvgIpc) is 3.29. The lowest BCUT2D eigenvalue weighted by Crippen LogP contribution is -2.67. The number of hydrogen-bond donors (Lipinski definition) is 2. The van der Waals surface area contributed by atoms with Gasteiger partial charge in [-0.25, -0.2) is 4.79 Å². The van der Waals surface area contributed by atoms with Crippen LogP contribution in [0, 0.1) is 11.3 Å². The van der Waals surface area contributed by atoms with Gasteiger partial charge in [-0.3, -0.25) is 0 Å². The molecule has 1 aliphatic carbocycles. The van der Waals surface area contributed by atoms with Crippen molar-refractivity contribution in [1.29, 1.82) is 0 Å². The van der Waals surface area contributed by atoms with Crippen LogP contribution in [0.3, 0.4) is 0 Å². The predicted octanol–water partition coefficient (Wildman–Crippen LogP) is 3.48. The Morgan fingerprint density at radius 2 is 2.00 bits per heavy atom. The van der Waals surface area contributed by atoms with Crippen molar-refractivity contribution in [3.8, 4) is 0 Å². The monoisotopic (exact) mass is 340 g/mol. The maximum absolute atomic E-state index is 12.7. The van der Waals surface area contributed by atoms with E-state index in [0.29, 0.717) is 5.92 Å². The summed E-state index contributed by atoms with van der Waals surface area (Å²) < 4.78 is 11.3. The SMILES string of the molecule is CC1(C)[C@H](NC(=O)N[C@H](c2ccccc2)c2ccco2)[C@H]2CCO[C@@H]21. The zero-order valence-electron chi connectivity index (χ0n) is 14.6. The second kappa shape index (κ2) is 6.23. The fourth-order valence-electron chi connectivity index (χ4n) is 4.35. The normalized spacial score (nSPS) is 27.8. The molecule has 25 heavy (non-hydrogen) atoms. The van der Waals surface area contributed by atoms with Crippen LogP contribution in [-0.4, -0.2) is 24.8 Å². The number of hydrogen-bond acceptors (Lipinski definition) is 3. The van der Waals surface area contributed by atoms with E-state index in [1.165, 1.54) is 0 Å². The number of ether oxygens (including phenoxy) is 1. The molecule has 0 bridgehead atoms. The Kier molecular flexibility index (Phi) is 4.04. The van der Waals surface area contributed by atoms with Gasteiger partial charge in [-0.05, 0) is 24.1 Å². The van der Waals surface area contributed by atoms with Crippen LogP contribution in [0.25, 0.3) is 0 Å². The summed E-state index contributed by atoms with van der Waals surface area (Å²) in [4.78, 5) is 12.7. The Balaban J connectivity index is 1.48. The van der Waals surface area contributed by atoms with Gasteiger partial charge >= 0.3 is 6.03 Å². The third kappa shape index (κ3) is 2.82. The maximum Gasteiger partial charge on any atom is 0.315 e. The van der Waals surface area contributed by atoms with E-state index in [4.69, 9.17) is 9.15 Å². The minimum absolute atomic E-state index is 0.0363. The van der Waals surface area contributed by atoms with Crippen LogP contribution in [0.2, 0.25) is 0 Å². The molecule has 1 aliphatic heterocycles. The van der Waals surface area contributed by atoms with Gasteiger partial charge in [-0.2, -0.15) is 0 Å². The molecule has 5 nitrogen and oxygen atoms in total. The summed E-state index contributed by atoms with van der Waals surface area (Å²) >= 11 is 0. The van der Waals surface area contributed by atoms with Crippen molar-refractivity contribution in [1.82, 2.24) is 10.6 Å². The van der Waals surface area contributed by atoms with Crippen molar-refractivity contribution in [3.63, 3.8) is 0 Å². The van der Waals surface area contributed by atoms with Gasteiger partial charge in [-0.15, -0.1) is 0 Å². The largest absolute Gasteiger partial charge is 0.467 e. The van der Waals surface area contributed by atoms with E-state index in [2.05, 4.69) is 24.5 Å². The summed E-state index contributed by atoms with van der Waals surface area (Å²) in [5.74, 6) is 1.14. The molecule has 2 aromatic rings. The number of benzene rings is 1. The zero-order chi connectivity index (χ0) is 17.4. The second-order valence-electron chi connectivity index (χ2n) is 7.52. The van der Waals surface area contributed by atoms with Crippen LogP contribution in [0.4, 0.5) is 4.79 Å². The summed E-state index contributed by atoms with van der Waals surface area (Å²) in [5, 5.41) is 6.24. The summed E-state index contributed by atoms with van der Waals surface area (Å²) in [6.45, 7) is 5.11. The van der Waals surface area contributed by atoms with Crippen molar-refractivity contribution in [2.75, 3.05) is 6.61 Å². The van der Waals surface area contributed by atoms with Gasteiger partial charge in [0.15, 0.2) is 0 Å².